The van der Waals surface area contributed by atoms with Gasteiger partial charge in [0.15, 0.2) is 39.6 Å². The van der Waals surface area contributed by atoms with Crippen molar-refractivity contribution in [1.82, 2.24) is 0 Å². The summed E-state index contributed by atoms with van der Waals surface area (Å²) < 4.78 is 38.7. The zero-order valence-electron chi connectivity index (χ0n) is 21.8. The third-order valence-electron chi connectivity index (χ3n) is 4.07. The summed E-state index contributed by atoms with van der Waals surface area (Å²) in [5.74, 6) is 2.55. The van der Waals surface area contributed by atoms with Crippen molar-refractivity contribution in [2.75, 3.05) is 13.2 Å². The quantitative estimate of drug-likeness (QED) is 0.294. The molecule has 0 N–H and O–H groups in total. The Kier molecular flexibility index (Phi) is 10.4. The standard InChI is InChI=1S/C21H46O6Si4/c1-14-15-22-21-20(27-31(11,12)13)19(26-30(8,9)10)18(25-29(5,6)7)17(24-21)16-23-28(2,3)4/h1,17-21H,15-16H2,2-13H3/t17?,18-,19?,20-,21+/m1/s1. The van der Waals surface area contributed by atoms with Crippen LogP contribution in [0.2, 0.25) is 78.6 Å². The molecule has 0 spiro atoms. The first-order valence-corrected chi connectivity index (χ1v) is 24.8. The fourth-order valence-electron chi connectivity index (χ4n) is 3.24. The number of rotatable bonds is 11. The molecule has 0 aromatic heterocycles. The minimum atomic E-state index is -1.95. The Morgan fingerprint density at radius 1 is 0.677 bits per heavy atom. The molecule has 2 unspecified atom stereocenters. The molecule has 0 aliphatic carbocycles. The van der Waals surface area contributed by atoms with E-state index in [1.165, 1.54) is 0 Å². The number of terminal acetylenes is 1. The van der Waals surface area contributed by atoms with E-state index in [1.54, 1.807) is 0 Å². The highest BCUT2D eigenvalue weighted by Gasteiger charge is 2.52. The van der Waals surface area contributed by atoms with E-state index in [9.17, 15) is 0 Å². The van der Waals surface area contributed by atoms with Crippen molar-refractivity contribution in [2.24, 2.45) is 0 Å². The smallest absolute Gasteiger partial charge is 0.186 e. The second-order valence-corrected chi connectivity index (χ2v) is 30.0. The Morgan fingerprint density at radius 2 is 1.13 bits per heavy atom. The maximum atomic E-state index is 6.75. The van der Waals surface area contributed by atoms with Crippen molar-refractivity contribution < 1.29 is 27.2 Å². The maximum absolute atomic E-state index is 6.75. The zero-order chi connectivity index (χ0) is 24.3. The van der Waals surface area contributed by atoms with Gasteiger partial charge in [-0.1, -0.05) is 5.92 Å². The molecule has 31 heavy (non-hydrogen) atoms. The van der Waals surface area contributed by atoms with Crippen LogP contribution in [0.3, 0.4) is 0 Å². The minimum Gasteiger partial charge on any atom is -0.415 e. The fourth-order valence-corrected chi connectivity index (χ4v) is 7.15. The Hall–Kier alpha value is 0.188. The lowest BCUT2D eigenvalue weighted by Crippen LogP contribution is -2.66. The topological polar surface area (TPSA) is 55.4 Å². The first-order chi connectivity index (χ1) is 13.8. The predicted molar refractivity (Wildman–Crippen MR) is 137 cm³/mol. The van der Waals surface area contributed by atoms with Crippen LogP contribution in [0.25, 0.3) is 0 Å². The van der Waals surface area contributed by atoms with E-state index in [-0.39, 0.29) is 24.9 Å². The monoisotopic (exact) mass is 506 g/mol. The molecule has 6 nitrogen and oxygen atoms in total. The van der Waals surface area contributed by atoms with E-state index >= 15 is 0 Å². The molecular weight excluding hydrogens is 461 g/mol. The lowest BCUT2D eigenvalue weighted by Gasteiger charge is -2.50. The van der Waals surface area contributed by atoms with Gasteiger partial charge in [0, 0.05) is 0 Å². The number of hydrogen-bond donors (Lipinski definition) is 0. The molecule has 0 bridgehead atoms. The summed E-state index contributed by atoms with van der Waals surface area (Å²) in [5, 5.41) is 0. The Morgan fingerprint density at radius 3 is 1.55 bits per heavy atom. The van der Waals surface area contributed by atoms with Gasteiger partial charge in [0.2, 0.25) is 0 Å². The molecular formula is C21H46O6Si4. The summed E-state index contributed by atoms with van der Waals surface area (Å²) in [4.78, 5) is 0. The third-order valence-corrected chi connectivity index (χ3v) is 8.04. The van der Waals surface area contributed by atoms with E-state index in [2.05, 4.69) is 84.5 Å². The molecule has 0 aromatic rings. The molecule has 1 rings (SSSR count). The Balaban J connectivity index is 3.42. The lowest BCUT2D eigenvalue weighted by atomic mass is 9.99. The second-order valence-electron chi connectivity index (χ2n) is 12.1. The summed E-state index contributed by atoms with van der Waals surface area (Å²) in [7, 11) is -7.56. The van der Waals surface area contributed by atoms with Crippen molar-refractivity contribution in [3.8, 4) is 12.3 Å². The highest BCUT2D eigenvalue weighted by Crippen LogP contribution is 2.34. The molecule has 0 radical (unpaired) electrons. The van der Waals surface area contributed by atoms with E-state index in [4.69, 9.17) is 33.6 Å². The first kappa shape index (κ1) is 29.2. The third kappa shape index (κ3) is 11.7. The summed E-state index contributed by atoms with van der Waals surface area (Å²) in [6, 6.07) is 0. The summed E-state index contributed by atoms with van der Waals surface area (Å²) >= 11 is 0. The van der Waals surface area contributed by atoms with Gasteiger partial charge in [-0.3, -0.25) is 0 Å². The number of hydrogen-bond acceptors (Lipinski definition) is 6. The van der Waals surface area contributed by atoms with E-state index in [1.807, 2.05) is 0 Å². The van der Waals surface area contributed by atoms with Crippen LogP contribution in [0.5, 0.6) is 0 Å². The van der Waals surface area contributed by atoms with Gasteiger partial charge in [-0.2, -0.15) is 0 Å². The van der Waals surface area contributed by atoms with E-state index < -0.39 is 45.7 Å². The van der Waals surface area contributed by atoms with Crippen molar-refractivity contribution >= 4 is 33.3 Å². The van der Waals surface area contributed by atoms with Gasteiger partial charge in [-0.05, 0) is 78.6 Å². The minimum absolute atomic E-state index is 0.150. The lowest BCUT2D eigenvalue weighted by molar-refractivity contribution is -0.287. The van der Waals surface area contributed by atoms with Crippen LogP contribution in [0.1, 0.15) is 0 Å². The Bertz CT molecular complexity index is 597. The van der Waals surface area contributed by atoms with E-state index in [0.717, 1.165) is 0 Å². The average Bonchev–Trinajstić information content (AvgIpc) is 2.51. The maximum Gasteiger partial charge on any atom is 0.186 e. The van der Waals surface area contributed by atoms with Crippen LogP contribution in [0.4, 0.5) is 0 Å². The van der Waals surface area contributed by atoms with Crippen LogP contribution < -0.4 is 0 Å². The van der Waals surface area contributed by atoms with Gasteiger partial charge in [0.25, 0.3) is 0 Å². The fraction of sp³-hybridized carbons (Fsp3) is 0.905. The van der Waals surface area contributed by atoms with Crippen LogP contribution >= 0.6 is 0 Å². The van der Waals surface area contributed by atoms with Gasteiger partial charge < -0.3 is 27.2 Å². The normalized spacial score (nSPS) is 28.4. The van der Waals surface area contributed by atoms with Gasteiger partial charge in [-0.15, -0.1) is 6.42 Å². The molecule has 0 amide bonds. The molecule has 182 valence electrons. The number of ether oxygens (including phenoxy) is 2. The van der Waals surface area contributed by atoms with Gasteiger partial charge in [0.1, 0.15) is 31.0 Å². The molecule has 1 heterocycles. The molecule has 5 atom stereocenters. The van der Waals surface area contributed by atoms with Crippen LogP contribution in [-0.2, 0) is 27.2 Å². The van der Waals surface area contributed by atoms with E-state index in [0.29, 0.717) is 6.61 Å². The zero-order valence-corrected chi connectivity index (χ0v) is 25.8. The average molecular weight is 507 g/mol. The molecule has 1 fully saturated rings. The molecule has 10 heteroatoms. The van der Waals surface area contributed by atoms with Crippen LogP contribution in [0.15, 0.2) is 0 Å². The summed E-state index contributed by atoms with van der Waals surface area (Å²) in [6.07, 6.45) is 3.55. The van der Waals surface area contributed by atoms with Crippen molar-refractivity contribution in [3.05, 3.63) is 0 Å². The van der Waals surface area contributed by atoms with Gasteiger partial charge in [0.05, 0.1) is 6.61 Å². The van der Waals surface area contributed by atoms with Crippen LogP contribution in [-0.4, -0.2) is 77.2 Å². The van der Waals surface area contributed by atoms with Crippen molar-refractivity contribution in [1.29, 1.82) is 0 Å². The highest BCUT2D eigenvalue weighted by atomic mass is 28.4. The second kappa shape index (κ2) is 11.1. The molecule has 1 aliphatic heterocycles. The first-order valence-electron chi connectivity index (χ1n) is 11.2. The highest BCUT2D eigenvalue weighted by molar-refractivity contribution is 6.71. The molecule has 0 aromatic carbocycles. The molecule has 1 saturated heterocycles. The van der Waals surface area contributed by atoms with Gasteiger partial charge in [-0.25, -0.2) is 0 Å². The van der Waals surface area contributed by atoms with Gasteiger partial charge >= 0.3 is 0 Å². The van der Waals surface area contributed by atoms with Crippen molar-refractivity contribution in [2.45, 2.75) is 109 Å². The molecule has 1 aliphatic rings. The predicted octanol–water partition coefficient (Wildman–Crippen LogP) is 4.87. The largest absolute Gasteiger partial charge is 0.415 e. The van der Waals surface area contributed by atoms with Crippen LogP contribution in [0, 0.1) is 12.3 Å². The summed E-state index contributed by atoms with van der Waals surface area (Å²) in [5.41, 5.74) is 0. The SMILES string of the molecule is C#CCO[C@H]1OC(CO[Si](C)(C)C)[C@@H](O[Si](C)(C)C)C(O[Si](C)(C)C)[C@H]1O[Si](C)(C)C. The summed E-state index contributed by atoms with van der Waals surface area (Å²) in [6.45, 7) is 26.7. The molecule has 0 saturated carbocycles. The van der Waals surface area contributed by atoms with Crippen molar-refractivity contribution in [3.63, 3.8) is 0 Å². The Labute approximate surface area is 195 Å².